The minimum atomic E-state index is -0.0131. The predicted octanol–water partition coefficient (Wildman–Crippen LogP) is 6.82. The van der Waals surface area contributed by atoms with E-state index in [1.54, 1.807) is 12.3 Å². The molecule has 1 N–H and O–H groups in total. The fraction of sp³-hybridized carbons (Fsp3) is 0. The number of benzene rings is 3. The lowest BCUT2D eigenvalue weighted by atomic mass is 10.0. The zero-order valence-corrected chi connectivity index (χ0v) is 17.6. The Morgan fingerprint density at radius 1 is 0.852 bits per heavy atom. The highest BCUT2D eigenvalue weighted by Crippen LogP contribution is 2.43. The summed E-state index contributed by atoms with van der Waals surface area (Å²) in [6.07, 6.45) is 1.73. The Labute approximate surface area is 180 Å². The van der Waals surface area contributed by atoms with Crippen LogP contribution >= 0.6 is 45.8 Å². The SMILES string of the molecule is Oc1c(Cl)cc(Cl)cc1-c1cnn(-c2ccccc2)c1-c1ccccc1I. The Morgan fingerprint density at radius 3 is 2.30 bits per heavy atom. The van der Waals surface area contributed by atoms with Gasteiger partial charge in [0.15, 0.2) is 0 Å². The summed E-state index contributed by atoms with van der Waals surface area (Å²) in [4.78, 5) is 0. The molecule has 0 atom stereocenters. The smallest absolute Gasteiger partial charge is 0.142 e. The zero-order chi connectivity index (χ0) is 19.0. The molecule has 3 aromatic carbocycles. The van der Waals surface area contributed by atoms with E-state index in [1.807, 2.05) is 59.3 Å². The van der Waals surface area contributed by atoms with Crippen molar-refractivity contribution in [1.29, 1.82) is 0 Å². The van der Waals surface area contributed by atoms with Crippen LogP contribution in [-0.4, -0.2) is 14.9 Å². The van der Waals surface area contributed by atoms with Gasteiger partial charge in [-0.3, -0.25) is 0 Å². The highest BCUT2D eigenvalue weighted by Gasteiger charge is 2.21. The van der Waals surface area contributed by atoms with Crippen molar-refractivity contribution in [3.05, 3.63) is 86.5 Å². The molecule has 0 aliphatic heterocycles. The van der Waals surface area contributed by atoms with Gasteiger partial charge in [0.2, 0.25) is 0 Å². The normalized spacial score (nSPS) is 10.9. The van der Waals surface area contributed by atoms with E-state index in [2.05, 4.69) is 27.7 Å². The number of halogens is 3. The van der Waals surface area contributed by atoms with Crippen LogP contribution in [0.5, 0.6) is 5.75 Å². The second-order valence-corrected chi connectivity index (χ2v) is 7.92. The molecule has 27 heavy (non-hydrogen) atoms. The van der Waals surface area contributed by atoms with Crippen molar-refractivity contribution in [2.75, 3.05) is 0 Å². The molecule has 0 aliphatic rings. The molecule has 0 bridgehead atoms. The molecular weight excluding hydrogens is 494 g/mol. The maximum absolute atomic E-state index is 10.6. The Hall–Kier alpha value is -2.02. The van der Waals surface area contributed by atoms with Gasteiger partial charge >= 0.3 is 0 Å². The number of aromatic hydroxyl groups is 1. The van der Waals surface area contributed by atoms with Gasteiger partial charge in [-0.1, -0.05) is 59.6 Å². The third-order valence-electron chi connectivity index (χ3n) is 4.22. The molecule has 0 aliphatic carbocycles. The summed E-state index contributed by atoms with van der Waals surface area (Å²) in [5.41, 5.74) is 4.09. The quantitative estimate of drug-likeness (QED) is 0.309. The second kappa shape index (κ2) is 7.54. The van der Waals surface area contributed by atoms with Crippen LogP contribution in [0, 0.1) is 3.57 Å². The molecule has 0 amide bonds. The fourth-order valence-corrected chi connectivity index (χ4v) is 4.13. The summed E-state index contributed by atoms with van der Waals surface area (Å²) in [6.45, 7) is 0. The van der Waals surface area contributed by atoms with Crippen LogP contribution in [-0.2, 0) is 0 Å². The van der Waals surface area contributed by atoms with Crippen LogP contribution in [0.2, 0.25) is 10.0 Å². The van der Waals surface area contributed by atoms with E-state index < -0.39 is 0 Å². The van der Waals surface area contributed by atoms with Crippen molar-refractivity contribution < 1.29 is 5.11 Å². The van der Waals surface area contributed by atoms with E-state index in [9.17, 15) is 5.11 Å². The van der Waals surface area contributed by atoms with E-state index in [4.69, 9.17) is 23.2 Å². The van der Waals surface area contributed by atoms with Crippen LogP contribution in [0.15, 0.2) is 72.9 Å². The van der Waals surface area contributed by atoms with Crippen molar-refractivity contribution >= 4 is 45.8 Å². The number of aromatic nitrogens is 2. The maximum atomic E-state index is 10.6. The van der Waals surface area contributed by atoms with Crippen molar-refractivity contribution in [2.45, 2.75) is 0 Å². The van der Waals surface area contributed by atoms with Crippen LogP contribution in [0.1, 0.15) is 0 Å². The van der Waals surface area contributed by atoms with Gasteiger partial charge in [0.25, 0.3) is 0 Å². The standard InChI is InChI=1S/C21H13Cl2IN2O/c22-13-10-16(21(27)18(23)11-13)17-12-25-26(14-6-2-1-3-7-14)20(17)15-8-4-5-9-19(15)24/h1-12,27H. The first-order chi connectivity index (χ1) is 13.1. The lowest BCUT2D eigenvalue weighted by molar-refractivity contribution is 0.477. The molecule has 4 aromatic rings. The minimum absolute atomic E-state index is 0.0131. The molecule has 134 valence electrons. The van der Waals surface area contributed by atoms with Gasteiger partial charge in [0, 0.05) is 25.3 Å². The molecule has 6 heteroatoms. The number of hydrogen-bond donors (Lipinski definition) is 1. The number of para-hydroxylation sites is 1. The van der Waals surface area contributed by atoms with Gasteiger partial charge in [0.1, 0.15) is 5.75 Å². The van der Waals surface area contributed by atoms with Crippen molar-refractivity contribution in [3.63, 3.8) is 0 Å². The zero-order valence-electron chi connectivity index (χ0n) is 13.9. The predicted molar refractivity (Wildman–Crippen MR) is 119 cm³/mol. The first kappa shape index (κ1) is 18.3. The first-order valence-corrected chi connectivity index (χ1v) is 9.96. The first-order valence-electron chi connectivity index (χ1n) is 8.13. The molecular formula is C21H13Cl2IN2O. The number of rotatable bonds is 3. The third-order valence-corrected chi connectivity index (χ3v) is 5.66. The summed E-state index contributed by atoms with van der Waals surface area (Å²) < 4.78 is 2.93. The average Bonchev–Trinajstić information content (AvgIpc) is 3.10. The van der Waals surface area contributed by atoms with Gasteiger partial charge in [-0.05, 0) is 52.9 Å². The Balaban J connectivity index is 2.05. The van der Waals surface area contributed by atoms with Gasteiger partial charge in [-0.15, -0.1) is 0 Å². The maximum Gasteiger partial charge on any atom is 0.142 e. The topological polar surface area (TPSA) is 38.1 Å². The number of hydrogen-bond acceptors (Lipinski definition) is 2. The molecule has 1 heterocycles. The molecule has 0 saturated heterocycles. The third kappa shape index (κ3) is 3.45. The van der Waals surface area contributed by atoms with Gasteiger partial charge < -0.3 is 5.11 Å². The van der Waals surface area contributed by atoms with Crippen LogP contribution in [0.3, 0.4) is 0 Å². The van der Waals surface area contributed by atoms with E-state index in [0.29, 0.717) is 10.6 Å². The molecule has 1 aromatic heterocycles. The molecule has 0 fully saturated rings. The summed E-state index contributed by atoms with van der Waals surface area (Å²) >= 11 is 14.7. The Morgan fingerprint density at radius 2 is 1.56 bits per heavy atom. The highest BCUT2D eigenvalue weighted by molar-refractivity contribution is 14.1. The monoisotopic (exact) mass is 506 g/mol. The molecule has 3 nitrogen and oxygen atoms in total. The summed E-state index contributed by atoms with van der Waals surface area (Å²) in [5, 5.41) is 15.8. The van der Waals surface area contributed by atoms with Gasteiger partial charge in [-0.2, -0.15) is 5.10 Å². The molecule has 0 saturated carbocycles. The van der Waals surface area contributed by atoms with Crippen molar-refractivity contribution in [1.82, 2.24) is 9.78 Å². The van der Waals surface area contributed by atoms with Gasteiger partial charge in [-0.25, -0.2) is 4.68 Å². The Kier molecular flexibility index (Phi) is 5.12. The van der Waals surface area contributed by atoms with E-state index >= 15 is 0 Å². The van der Waals surface area contributed by atoms with Crippen LogP contribution < -0.4 is 0 Å². The molecule has 4 rings (SSSR count). The van der Waals surface area contributed by atoms with Crippen molar-refractivity contribution in [2.24, 2.45) is 0 Å². The van der Waals surface area contributed by atoms with Crippen LogP contribution in [0.25, 0.3) is 28.1 Å². The minimum Gasteiger partial charge on any atom is -0.506 e. The van der Waals surface area contributed by atoms with Crippen LogP contribution in [0.4, 0.5) is 0 Å². The average molecular weight is 507 g/mol. The van der Waals surface area contributed by atoms with E-state index in [0.717, 1.165) is 26.1 Å². The summed E-state index contributed by atoms with van der Waals surface area (Å²) in [5.74, 6) is -0.0131. The molecule has 0 spiro atoms. The summed E-state index contributed by atoms with van der Waals surface area (Å²) in [7, 11) is 0. The fourth-order valence-electron chi connectivity index (χ4n) is 2.99. The lowest BCUT2D eigenvalue weighted by Crippen LogP contribution is -2.00. The number of nitrogens with zero attached hydrogens (tertiary/aromatic N) is 2. The molecule has 0 unspecified atom stereocenters. The van der Waals surface area contributed by atoms with E-state index in [-0.39, 0.29) is 10.8 Å². The highest BCUT2D eigenvalue weighted by atomic mass is 127. The molecule has 0 radical (unpaired) electrons. The number of phenols is 1. The van der Waals surface area contributed by atoms with Crippen molar-refractivity contribution in [3.8, 4) is 33.8 Å². The van der Waals surface area contributed by atoms with Gasteiger partial charge in [0.05, 0.1) is 22.6 Å². The number of phenolic OH excluding ortho intramolecular Hbond substituents is 1. The Bertz CT molecular complexity index is 1130. The van der Waals surface area contributed by atoms with E-state index in [1.165, 1.54) is 6.07 Å². The summed E-state index contributed by atoms with van der Waals surface area (Å²) in [6, 6.07) is 21.1. The largest absolute Gasteiger partial charge is 0.506 e. The lowest BCUT2D eigenvalue weighted by Gasteiger charge is -2.13. The second-order valence-electron chi connectivity index (χ2n) is 5.92.